The summed E-state index contributed by atoms with van der Waals surface area (Å²) in [6, 6.07) is 19.5. The minimum atomic E-state index is 0. The van der Waals surface area contributed by atoms with Crippen LogP contribution >= 0.6 is 0 Å². The molecule has 0 saturated carbocycles. The molecule has 3 aromatic rings. The van der Waals surface area contributed by atoms with Gasteiger partial charge in [-0.1, -0.05) is 57.3 Å². The largest absolute Gasteiger partial charge is 0.0776 e. The van der Waals surface area contributed by atoms with Gasteiger partial charge in [-0.15, -0.1) is 0 Å². The summed E-state index contributed by atoms with van der Waals surface area (Å²) in [5, 5.41) is 5.32. The molecule has 0 unspecified atom stereocenters. The molecule has 0 heteroatoms. The van der Waals surface area contributed by atoms with Crippen LogP contribution in [-0.2, 0) is 0 Å². The molecule has 0 nitrogen and oxygen atoms in total. The Bertz CT molecular complexity index is 636. The molecule has 0 N–H and O–H groups in total. The van der Waals surface area contributed by atoms with Crippen molar-refractivity contribution >= 4 is 21.5 Å². The van der Waals surface area contributed by atoms with Gasteiger partial charge >= 0.3 is 0 Å². The predicted octanol–water partition coefficient (Wildman–Crippen LogP) is 5.57. The second kappa shape index (κ2) is 5.01. The molecule has 0 aliphatic rings. The van der Waals surface area contributed by atoms with Crippen molar-refractivity contribution in [1.82, 2.24) is 0 Å². The first-order valence-corrected chi connectivity index (χ1v) is 5.23. The molecule has 0 amide bonds. The lowest BCUT2D eigenvalue weighted by atomic mass is 10.0. The van der Waals surface area contributed by atoms with E-state index in [4.69, 9.17) is 0 Å². The summed E-state index contributed by atoms with van der Waals surface area (Å²) < 4.78 is 0. The van der Waals surface area contributed by atoms with E-state index in [-0.39, 0.29) is 14.9 Å². The molecule has 0 spiro atoms. The Labute approximate surface area is 104 Å². The fourth-order valence-electron chi connectivity index (χ4n) is 2.12. The molecule has 0 aromatic heterocycles. The average molecular weight is 224 g/mol. The topological polar surface area (TPSA) is 0 Å². The van der Waals surface area contributed by atoms with E-state index in [0.717, 1.165) is 0 Å². The highest BCUT2D eigenvalue weighted by Gasteiger charge is 1.98. The van der Waals surface area contributed by atoms with Gasteiger partial charge in [0.15, 0.2) is 0 Å². The molecule has 0 aliphatic heterocycles. The summed E-state index contributed by atoms with van der Waals surface area (Å²) in [5.41, 5.74) is 1.35. The maximum atomic E-state index is 2.28. The maximum absolute atomic E-state index is 2.28. The van der Waals surface area contributed by atoms with Crippen molar-refractivity contribution in [2.75, 3.05) is 0 Å². The van der Waals surface area contributed by atoms with Gasteiger partial charge in [-0.05, 0) is 46.2 Å². The monoisotopic (exact) mass is 224 g/mol. The van der Waals surface area contributed by atoms with Crippen LogP contribution < -0.4 is 0 Å². The summed E-state index contributed by atoms with van der Waals surface area (Å²) >= 11 is 0. The van der Waals surface area contributed by atoms with E-state index in [1.54, 1.807) is 0 Å². The predicted molar refractivity (Wildman–Crippen MR) is 79.7 cm³/mol. The third-order valence-electron chi connectivity index (χ3n) is 2.96. The lowest BCUT2D eigenvalue weighted by molar-refractivity contribution is 1.54. The van der Waals surface area contributed by atoms with Crippen LogP contribution in [0.5, 0.6) is 0 Å². The van der Waals surface area contributed by atoms with Crippen LogP contribution in [-0.4, -0.2) is 0 Å². The Morgan fingerprint density at radius 2 is 1.24 bits per heavy atom. The van der Waals surface area contributed by atoms with E-state index in [1.807, 2.05) is 0 Å². The average Bonchev–Trinajstić information content (AvgIpc) is 2.27. The van der Waals surface area contributed by atoms with Crippen LogP contribution in [0.15, 0.2) is 54.6 Å². The lowest BCUT2D eigenvalue weighted by Crippen LogP contribution is -1.79. The quantitative estimate of drug-likeness (QED) is 0.438. The molecule has 0 fully saturated rings. The summed E-state index contributed by atoms with van der Waals surface area (Å²) in [4.78, 5) is 0. The van der Waals surface area contributed by atoms with Crippen LogP contribution in [0.2, 0.25) is 0 Å². The van der Waals surface area contributed by atoms with Crippen molar-refractivity contribution in [2.24, 2.45) is 0 Å². The van der Waals surface area contributed by atoms with Crippen molar-refractivity contribution < 1.29 is 0 Å². The van der Waals surface area contributed by atoms with Gasteiger partial charge in [-0.25, -0.2) is 0 Å². The van der Waals surface area contributed by atoms with Gasteiger partial charge in [0.05, 0.1) is 0 Å². The van der Waals surface area contributed by atoms with Gasteiger partial charge in [0.25, 0.3) is 0 Å². The first-order chi connectivity index (χ1) is 7.34. The number of hydrogen-bond acceptors (Lipinski definition) is 0. The van der Waals surface area contributed by atoms with Crippen LogP contribution in [0.3, 0.4) is 0 Å². The van der Waals surface area contributed by atoms with Crippen molar-refractivity contribution in [2.45, 2.75) is 21.8 Å². The first kappa shape index (κ1) is 13.2. The number of rotatable bonds is 0. The second-order valence-electron chi connectivity index (χ2n) is 4.00. The third kappa shape index (κ3) is 2.16. The molecule has 0 saturated heterocycles. The van der Waals surface area contributed by atoms with E-state index in [0.29, 0.717) is 0 Å². The van der Waals surface area contributed by atoms with Gasteiger partial charge in [0.1, 0.15) is 0 Å². The van der Waals surface area contributed by atoms with Crippen LogP contribution in [0.4, 0.5) is 0 Å². The zero-order chi connectivity index (χ0) is 10.3. The first-order valence-electron chi connectivity index (χ1n) is 5.23. The Hall–Kier alpha value is -1.82. The van der Waals surface area contributed by atoms with Gasteiger partial charge in [0.2, 0.25) is 0 Å². The Kier molecular flexibility index (Phi) is 3.90. The van der Waals surface area contributed by atoms with E-state index in [9.17, 15) is 0 Å². The Morgan fingerprint density at radius 1 is 0.647 bits per heavy atom. The number of hydrogen-bond donors (Lipinski definition) is 0. The fraction of sp³-hybridized carbons (Fsp3) is 0.176. The zero-order valence-corrected chi connectivity index (χ0v) is 8.70. The van der Waals surface area contributed by atoms with Crippen molar-refractivity contribution in [1.29, 1.82) is 0 Å². The van der Waals surface area contributed by atoms with Gasteiger partial charge in [-0.2, -0.15) is 0 Å². The molecule has 0 atom stereocenters. The van der Waals surface area contributed by atoms with Gasteiger partial charge < -0.3 is 0 Å². The van der Waals surface area contributed by atoms with E-state index >= 15 is 0 Å². The highest BCUT2D eigenvalue weighted by molar-refractivity contribution is 5.99. The molecule has 17 heavy (non-hydrogen) atoms. The minimum absolute atomic E-state index is 0. The van der Waals surface area contributed by atoms with Crippen molar-refractivity contribution in [3.05, 3.63) is 60.2 Å². The molecule has 3 aromatic carbocycles. The maximum Gasteiger partial charge on any atom is -0.0148 e. The molecular weight excluding hydrogens is 204 g/mol. The summed E-state index contributed by atoms with van der Waals surface area (Å²) in [7, 11) is 0. The summed E-state index contributed by atoms with van der Waals surface area (Å²) in [6.07, 6.45) is 0. The molecule has 0 aliphatic carbocycles. The standard InChI is InChI=1S/C15H12.2CH4/c1-11-5-4-8-14-9-12-6-2-3-7-13(12)10-15(11)14;;/h2-10H,1H3;2*1H4. The van der Waals surface area contributed by atoms with Crippen LogP contribution in [0.25, 0.3) is 21.5 Å². The molecule has 0 bridgehead atoms. The smallest absolute Gasteiger partial charge is 0.0148 e. The number of benzene rings is 3. The second-order valence-corrected chi connectivity index (χ2v) is 4.00. The highest BCUT2D eigenvalue weighted by atomic mass is 14.0. The Morgan fingerprint density at radius 3 is 1.94 bits per heavy atom. The fourth-order valence-corrected chi connectivity index (χ4v) is 2.12. The van der Waals surface area contributed by atoms with Crippen molar-refractivity contribution in [3.8, 4) is 0 Å². The van der Waals surface area contributed by atoms with E-state index in [2.05, 4.69) is 61.5 Å². The van der Waals surface area contributed by atoms with Crippen LogP contribution in [0.1, 0.15) is 20.4 Å². The number of fused-ring (bicyclic) bond motifs is 2. The molecule has 88 valence electrons. The van der Waals surface area contributed by atoms with Gasteiger partial charge in [-0.3, -0.25) is 0 Å². The molecule has 0 heterocycles. The SMILES string of the molecule is C.C.Cc1cccc2cc3ccccc3cc12. The van der Waals surface area contributed by atoms with Gasteiger partial charge in [0, 0.05) is 0 Å². The molecule has 0 radical (unpaired) electrons. The number of aryl methyl sites for hydroxylation is 1. The third-order valence-corrected chi connectivity index (χ3v) is 2.96. The summed E-state index contributed by atoms with van der Waals surface area (Å²) in [5.74, 6) is 0. The highest BCUT2D eigenvalue weighted by Crippen LogP contribution is 2.24. The van der Waals surface area contributed by atoms with Crippen LogP contribution in [0, 0.1) is 6.92 Å². The van der Waals surface area contributed by atoms with Crippen molar-refractivity contribution in [3.63, 3.8) is 0 Å². The molecule has 3 rings (SSSR count). The van der Waals surface area contributed by atoms with E-state index < -0.39 is 0 Å². The normalized spacial score (nSPS) is 9.71. The molecular formula is C17H20. The Balaban J connectivity index is 0.000000722. The summed E-state index contributed by atoms with van der Waals surface area (Å²) in [6.45, 7) is 2.16. The minimum Gasteiger partial charge on any atom is -0.0776 e. The lowest BCUT2D eigenvalue weighted by Gasteiger charge is -2.04. The van der Waals surface area contributed by atoms with E-state index in [1.165, 1.54) is 27.1 Å². The zero-order valence-electron chi connectivity index (χ0n) is 8.70.